The summed E-state index contributed by atoms with van der Waals surface area (Å²) < 4.78 is 6.56. The Labute approximate surface area is 115 Å². The molecule has 8 heteroatoms. The van der Waals surface area contributed by atoms with E-state index in [9.17, 15) is 4.79 Å². The summed E-state index contributed by atoms with van der Waals surface area (Å²) in [7, 11) is 1.64. The highest BCUT2D eigenvalue weighted by molar-refractivity contribution is 7.18. The lowest BCUT2D eigenvalue weighted by molar-refractivity contribution is 0.0947. The van der Waals surface area contributed by atoms with Crippen LogP contribution in [0.1, 0.15) is 41.8 Å². The maximum atomic E-state index is 11.9. The molecular weight excluding hydrogens is 266 g/mol. The van der Waals surface area contributed by atoms with Crippen LogP contribution in [0.15, 0.2) is 0 Å². The highest BCUT2D eigenvalue weighted by Gasteiger charge is 2.17. The molecule has 19 heavy (non-hydrogen) atoms. The predicted molar refractivity (Wildman–Crippen MR) is 71.6 cm³/mol. The van der Waals surface area contributed by atoms with E-state index in [2.05, 4.69) is 20.6 Å². The van der Waals surface area contributed by atoms with Crippen LogP contribution in [0.3, 0.4) is 0 Å². The Bertz CT molecular complexity index is 562. The Morgan fingerprint density at radius 1 is 1.47 bits per heavy atom. The number of nitrogens with one attached hydrogen (secondary N) is 1. The Kier molecular flexibility index (Phi) is 4.43. The van der Waals surface area contributed by atoms with Gasteiger partial charge in [0.1, 0.15) is 0 Å². The highest BCUT2D eigenvalue weighted by atomic mass is 32.1. The minimum atomic E-state index is -0.179. The summed E-state index contributed by atoms with van der Waals surface area (Å²) in [6.07, 6.45) is 0.781. The van der Waals surface area contributed by atoms with Crippen LogP contribution in [-0.4, -0.2) is 46.0 Å². The first-order valence-corrected chi connectivity index (χ1v) is 6.94. The number of fused-ring (bicyclic) bond motifs is 1. The number of ether oxygens (including phenoxy) is 1. The molecule has 0 saturated heterocycles. The SMILES string of the molecule is COCCCNC(=O)c1nn2c(C(C)C)nnc2s1. The largest absolute Gasteiger partial charge is 0.385 e. The monoisotopic (exact) mass is 283 g/mol. The van der Waals surface area contributed by atoms with E-state index >= 15 is 0 Å². The van der Waals surface area contributed by atoms with Crippen molar-refractivity contribution in [3.63, 3.8) is 0 Å². The minimum absolute atomic E-state index is 0.179. The van der Waals surface area contributed by atoms with Gasteiger partial charge in [-0.15, -0.1) is 15.3 Å². The van der Waals surface area contributed by atoms with E-state index in [4.69, 9.17) is 4.74 Å². The van der Waals surface area contributed by atoms with Crippen LogP contribution in [0.5, 0.6) is 0 Å². The van der Waals surface area contributed by atoms with Crippen LogP contribution >= 0.6 is 11.3 Å². The van der Waals surface area contributed by atoms with E-state index < -0.39 is 0 Å². The van der Waals surface area contributed by atoms with Gasteiger partial charge < -0.3 is 10.1 Å². The zero-order valence-corrected chi connectivity index (χ0v) is 12.0. The van der Waals surface area contributed by atoms with Crippen molar-refractivity contribution in [3.05, 3.63) is 10.8 Å². The summed E-state index contributed by atoms with van der Waals surface area (Å²) in [5.74, 6) is 0.806. The van der Waals surface area contributed by atoms with E-state index in [0.717, 1.165) is 12.2 Å². The van der Waals surface area contributed by atoms with E-state index in [1.165, 1.54) is 11.3 Å². The molecule has 0 atom stereocenters. The van der Waals surface area contributed by atoms with E-state index in [1.807, 2.05) is 13.8 Å². The number of carbonyl (C=O) groups is 1. The van der Waals surface area contributed by atoms with Gasteiger partial charge in [-0.2, -0.15) is 4.52 Å². The first-order valence-electron chi connectivity index (χ1n) is 6.12. The van der Waals surface area contributed by atoms with Gasteiger partial charge in [0.2, 0.25) is 9.97 Å². The third kappa shape index (κ3) is 3.07. The third-order valence-corrected chi connectivity index (χ3v) is 3.43. The second-order valence-electron chi connectivity index (χ2n) is 4.42. The second kappa shape index (κ2) is 6.07. The fraction of sp³-hybridized carbons (Fsp3) is 0.636. The zero-order chi connectivity index (χ0) is 13.8. The van der Waals surface area contributed by atoms with Gasteiger partial charge >= 0.3 is 0 Å². The van der Waals surface area contributed by atoms with Gasteiger partial charge in [0.05, 0.1) is 0 Å². The Balaban J connectivity index is 2.06. The lowest BCUT2D eigenvalue weighted by atomic mass is 10.2. The molecule has 0 bridgehead atoms. The van der Waals surface area contributed by atoms with Gasteiger partial charge in [-0.1, -0.05) is 25.2 Å². The van der Waals surface area contributed by atoms with Gasteiger partial charge in [-0.3, -0.25) is 4.79 Å². The molecule has 0 spiro atoms. The second-order valence-corrected chi connectivity index (χ2v) is 5.37. The first-order chi connectivity index (χ1) is 9.13. The van der Waals surface area contributed by atoms with Crippen molar-refractivity contribution in [3.8, 4) is 0 Å². The average Bonchev–Trinajstić information content (AvgIpc) is 2.93. The Morgan fingerprint density at radius 2 is 2.26 bits per heavy atom. The number of carbonyl (C=O) groups excluding carboxylic acids is 1. The Morgan fingerprint density at radius 3 is 2.95 bits per heavy atom. The molecule has 0 aromatic carbocycles. The van der Waals surface area contributed by atoms with Crippen LogP contribution < -0.4 is 5.32 Å². The van der Waals surface area contributed by atoms with Crippen molar-refractivity contribution >= 4 is 22.2 Å². The molecule has 0 saturated carbocycles. The molecular formula is C11H17N5O2S. The van der Waals surface area contributed by atoms with Crippen molar-refractivity contribution in [1.29, 1.82) is 0 Å². The summed E-state index contributed by atoms with van der Waals surface area (Å²) in [4.78, 5) is 12.5. The molecule has 0 aliphatic heterocycles. The van der Waals surface area contributed by atoms with Crippen LogP contribution in [0.4, 0.5) is 0 Å². The van der Waals surface area contributed by atoms with Gasteiger partial charge in [0, 0.05) is 26.2 Å². The average molecular weight is 283 g/mol. The number of hydrogen-bond donors (Lipinski definition) is 1. The highest BCUT2D eigenvalue weighted by Crippen LogP contribution is 2.18. The van der Waals surface area contributed by atoms with Crippen molar-refractivity contribution in [1.82, 2.24) is 25.1 Å². The summed E-state index contributed by atoms with van der Waals surface area (Å²) in [5.41, 5.74) is 0. The van der Waals surface area contributed by atoms with Crippen LogP contribution in [0, 0.1) is 0 Å². The maximum absolute atomic E-state index is 11.9. The third-order valence-electron chi connectivity index (χ3n) is 2.54. The molecule has 0 aliphatic rings. The minimum Gasteiger partial charge on any atom is -0.385 e. The number of aromatic nitrogens is 4. The standard InChI is InChI=1S/C11H17N5O2S/c1-7(2)8-13-14-11-16(8)15-10(19-11)9(17)12-5-4-6-18-3/h7H,4-6H2,1-3H3,(H,12,17). The van der Waals surface area contributed by atoms with E-state index in [0.29, 0.717) is 23.1 Å². The van der Waals surface area contributed by atoms with Gasteiger partial charge in [0.25, 0.3) is 5.91 Å². The summed E-state index contributed by atoms with van der Waals surface area (Å²) >= 11 is 1.24. The number of rotatable bonds is 6. The normalized spacial score (nSPS) is 11.4. The molecule has 2 aromatic rings. The molecule has 2 rings (SSSR count). The van der Waals surface area contributed by atoms with Crippen LogP contribution in [0.2, 0.25) is 0 Å². The van der Waals surface area contributed by atoms with Gasteiger partial charge in [0.15, 0.2) is 5.82 Å². The molecule has 7 nitrogen and oxygen atoms in total. The number of methoxy groups -OCH3 is 1. The predicted octanol–water partition coefficient (Wildman–Crippen LogP) is 1.08. The summed E-state index contributed by atoms with van der Waals surface area (Å²) in [6.45, 7) is 5.23. The maximum Gasteiger partial charge on any atom is 0.282 e. The molecule has 0 unspecified atom stereocenters. The first kappa shape index (κ1) is 13.9. The molecule has 1 N–H and O–H groups in total. The molecule has 2 heterocycles. The number of amides is 1. The van der Waals surface area contributed by atoms with Gasteiger partial charge in [-0.25, -0.2) is 0 Å². The van der Waals surface area contributed by atoms with Crippen molar-refractivity contribution in [2.24, 2.45) is 0 Å². The summed E-state index contributed by atoms with van der Waals surface area (Å²) in [5, 5.41) is 15.5. The number of hydrogen-bond acceptors (Lipinski definition) is 6. The summed E-state index contributed by atoms with van der Waals surface area (Å²) in [6, 6.07) is 0. The van der Waals surface area contributed by atoms with Crippen molar-refractivity contribution < 1.29 is 9.53 Å². The quantitative estimate of drug-likeness (QED) is 0.802. The molecule has 1 amide bonds. The fourth-order valence-corrected chi connectivity index (χ4v) is 2.34. The smallest absolute Gasteiger partial charge is 0.282 e. The topological polar surface area (TPSA) is 81.4 Å². The zero-order valence-electron chi connectivity index (χ0n) is 11.2. The van der Waals surface area contributed by atoms with E-state index in [1.54, 1.807) is 11.6 Å². The lowest BCUT2D eigenvalue weighted by Crippen LogP contribution is -2.25. The Hall–Kier alpha value is -1.54. The lowest BCUT2D eigenvalue weighted by Gasteiger charge is -2.01. The van der Waals surface area contributed by atoms with Crippen molar-refractivity contribution in [2.75, 3.05) is 20.3 Å². The fourth-order valence-electron chi connectivity index (χ4n) is 1.58. The number of nitrogens with zero attached hydrogens (tertiary/aromatic N) is 4. The van der Waals surface area contributed by atoms with Crippen molar-refractivity contribution in [2.45, 2.75) is 26.2 Å². The molecule has 0 radical (unpaired) electrons. The molecule has 0 fully saturated rings. The van der Waals surface area contributed by atoms with Crippen LogP contribution in [0.25, 0.3) is 4.96 Å². The van der Waals surface area contributed by atoms with Crippen LogP contribution in [-0.2, 0) is 4.74 Å². The van der Waals surface area contributed by atoms with E-state index in [-0.39, 0.29) is 11.8 Å². The molecule has 0 aliphatic carbocycles. The van der Waals surface area contributed by atoms with Gasteiger partial charge in [-0.05, 0) is 6.42 Å². The molecule has 2 aromatic heterocycles. The molecule has 104 valence electrons.